The number of hydrogen-bond donors (Lipinski definition) is 2. The summed E-state index contributed by atoms with van der Waals surface area (Å²) in [5.41, 5.74) is -8.08. The minimum atomic E-state index is -5.60. The molecule has 2 N–H and O–H groups in total. The Hall–Kier alpha value is -4.33. The number of sulfone groups is 1. The van der Waals surface area contributed by atoms with Gasteiger partial charge in [0.1, 0.15) is 16.7 Å². The third-order valence-corrected chi connectivity index (χ3v) is 7.74. The van der Waals surface area contributed by atoms with E-state index in [2.05, 4.69) is 5.32 Å². The molecule has 0 saturated heterocycles. The smallest absolute Gasteiger partial charge is 0.501 e. The van der Waals surface area contributed by atoms with E-state index in [0.29, 0.717) is 30.7 Å². The number of fused-ring (bicyclic) bond motifs is 1. The summed E-state index contributed by atoms with van der Waals surface area (Å²) in [6.45, 7) is 0. The van der Waals surface area contributed by atoms with E-state index >= 15 is 0 Å². The van der Waals surface area contributed by atoms with Crippen molar-refractivity contribution in [1.29, 1.82) is 0 Å². The quantitative estimate of drug-likeness (QED) is 0.392. The Morgan fingerprint density at radius 2 is 1.55 bits per heavy atom. The molecule has 1 fully saturated rings. The van der Waals surface area contributed by atoms with Gasteiger partial charge in [-0.1, -0.05) is 18.2 Å². The molecule has 1 saturated carbocycles. The number of aromatic hydroxyl groups is 1. The third kappa shape index (κ3) is 3.88. The first kappa shape index (κ1) is 25.3. The molecule has 0 aliphatic heterocycles. The number of nitrogens with one attached hydrogen (secondary N) is 1. The molecule has 0 bridgehead atoms. The molecule has 198 valence electrons. The number of pyridine rings is 1. The van der Waals surface area contributed by atoms with Crippen molar-refractivity contribution >= 4 is 32.2 Å². The molecule has 0 amide bonds. The van der Waals surface area contributed by atoms with Crippen LogP contribution < -0.4 is 22.1 Å². The highest BCUT2D eigenvalue weighted by Crippen LogP contribution is 2.36. The van der Waals surface area contributed by atoms with Crippen LogP contribution in [0.1, 0.15) is 18.9 Å². The van der Waals surface area contributed by atoms with Gasteiger partial charge in [-0.3, -0.25) is 18.7 Å². The standard InChI is InChI=1S/C24H19F3N4O6S/c1-29-20-17(21(33)31(15-9-10-15)23(35)30(20)14-5-3-2-4-6-14)18(19(32)22(29)34)28-13-7-11-16(12-8-13)38(36,37)24(25,26)27/h2-8,11-12,15,28,32H,9-10H2,1H3. The van der Waals surface area contributed by atoms with Crippen molar-refractivity contribution in [1.82, 2.24) is 13.7 Å². The number of nitrogens with zero attached hydrogens (tertiary/aromatic N) is 3. The predicted molar refractivity (Wildman–Crippen MR) is 132 cm³/mol. The van der Waals surface area contributed by atoms with E-state index in [1.807, 2.05) is 0 Å². The fraction of sp³-hybridized carbons (Fsp3) is 0.208. The molecule has 2 aromatic heterocycles. The van der Waals surface area contributed by atoms with E-state index in [9.17, 15) is 41.1 Å². The van der Waals surface area contributed by atoms with Gasteiger partial charge in [0.15, 0.2) is 0 Å². The lowest BCUT2D eigenvalue weighted by molar-refractivity contribution is -0.0436. The lowest BCUT2D eigenvalue weighted by Gasteiger charge is -2.19. The largest absolute Gasteiger partial charge is 0.502 e. The maximum absolute atomic E-state index is 13.6. The maximum atomic E-state index is 13.6. The van der Waals surface area contributed by atoms with Gasteiger partial charge in [0.25, 0.3) is 21.0 Å². The number of alkyl halides is 3. The van der Waals surface area contributed by atoms with E-state index in [4.69, 9.17) is 0 Å². The van der Waals surface area contributed by atoms with Crippen molar-refractivity contribution < 1.29 is 26.7 Å². The zero-order valence-electron chi connectivity index (χ0n) is 19.6. The van der Waals surface area contributed by atoms with Crippen LogP contribution in [0.4, 0.5) is 24.5 Å². The minimum absolute atomic E-state index is 0.0224. The van der Waals surface area contributed by atoms with Gasteiger partial charge in [0.05, 0.1) is 10.6 Å². The normalized spacial score (nSPS) is 14.1. The lowest BCUT2D eigenvalue weighted by Crippen LogP contribution is -2.41. The number of aromatic nitrogens is 3. The number of anilines is 2. The number of benzene rings is 2. The van der Waals surface area contributed by atoms with Gasteiger partial charge in [-0.15, -0.1) is 0 Å². The van der Waals surface area contributed by atoms with Crippen LogP contribution in [0, 0.1) is 0 Å². The molecule has 38 heavy (non-hydrogen) atoms. The second-order valence-corrected chi connectivity index (χ2v) is 10.7. The van der Waals surface area contributed by atoms with Crippen LogP contribution in [0.25, 0.3) is 16.7 Å². The van der Waals surface area contributed by atoms with Crippen LogP contribution in [0.3, 0.4) is 0 Å². The van der Waals surface area contributed by atoms with Crippen molar-refractivity contribution in [3.63, 3.8) is 0 Å². The molecule has 0 spiro atoms. The Morgan fingerprint density at radius 1 is 0.947 bits per heavy atom. The fourth-order valence-electron chi connectivity index (χ4n) is 4.21. The third-order valence-electron chi connectivity index (χ3n) is 6.24. The van der Waals surface area contributed by atoms with Gasteiger partial charge in [-0.25, -0.2) is 17.8 Å². The number of halogens is 3. The number of hydrogen-bond acceptors (Lipinski definition) is 7. The highest BCUT2D eigenvalue weighted by Gasteiger charge is 2.46. The molecular weight excluding hydrogens is 529 g/mol. The molecule has 0 radical (unpaired) electrons. The van der Waals surface area contributed by atoms with E-state index < -0.39 is 42.8 Å². The Kier molecular flexibility index (Phi) is 5.74. The van der Waals surface area contributed by atoms with Crippen molar-refractivity contribution in [2.45, 2.75) is 29.3 Å². The lowest BCUT2D eigenvalue weighted by atomic mass is 10.2. The van der Waals surface area contributed by atoms with Crippen molar-refractivity contribution in [3.05, 3.63) is 85.8 Å². The Balaban J connectivity index is 1.79. The second kappa shape index (κ2) is 8.62. The molecule has 0 atom stereocenters. The van der Waals surface area contributed by atoms with Gasteiger partial charge in [0.2, 0.25) is 5.75 Å². The van der Waals surface area contributed by atoms with E-state index in [1.165, 1.54) is 11.6 Å². The van der Waals surface area contributed by atoms with Crippen LogP contribution in [-0.4, -0.2) is 32.7 Å². The monoisotopic (exact) mass is 548 g/mol. The topological polar surface area (TPSA) is 132 Å². The first-order valence-electron chi connectivity index (χ1n) is 11.2. The highest BCUT2D eigenvalue weighted by molar-refractivity contribution is 7.92. The van der Waals surface area contributed by atoms with Crippen LogP contribution >= 0.6 is 0 Å². The van der Waals surface area contributed by atoms with E-state index in [-0.39, 0.29) is 28.5 Å². The average Bonchev–Trinajstić information content (AvgIpc) is 3.70. The molecule has 10 nitrogen and oxygen atoms in total. The first-order chi connectivity index (χ1) is 17.8. The van der Waals surface area contributed by atoms with Gasteiger partial charge in [-0.05, 0) is 49.2 Å². The second-order valence-electron chi connectivity index (χ2n) is 8.74. The van der Waals surface area contributed by atoms with Crippen LogP contribution in [0.2, 0.25) is 0 Å². The molecule has 5 rings (SSSR count). The minimum Gasteiger partial charge on any atom is -0.502 e. The molecule has 2 aromatic carbocycles. The maximum Gasteiger partial charge on any atom is 0.501 e. The van der Waals surface area contributed by atoms with Gasteiger partial charge in [0, 0.05) is 18.8 Å². The summed E-state index contributed by atoms with van der Waals surface area (Å²) >= 11 is 0. The van der Waals surface area contributed by atoms with Crippen molar-refractivity contribution in [2.75, 3.05) is 5.32 Å². The number of para-hydroxylation sites is 1. The summed E-state index contributed by atoms with van der Waals surface area (Å²) < 4.78 is 65.3. The SMILES string of the molecule is Cn1c(=O)c(O)c(Nc2ccc(S(=O)(=O)C(F)(F)F)cc2)c2c(=O)n(C3CC3)c(=O)n(-c3ccccc3)c21. The highest BCUT2D eigenvalue weighted by atomic mass is 32.2. The van der Waals surface area contributed by atoms with Crippen LogP contribution in [-0.2, 0) is 16.9 Å². The number of aryl methyl sites for hydroxylation is 1. The molecule has 4 aromatic rings. The van der Waals surface area contributed by atoms with Crippen molar-refractivity contribution in [2.24, 2.45) is 7.05 Å². The molecule has 2 heterocycles. The molecular formula is C24H19F3N4O6S. The molecule has 0 unspecified atom stereocenters. The molecule has 1 aliphatic rings. The fourth-order valence-corrected chi connectivity index (χ4v) is 4.97. The van der Waals surface area contributed by atoms with Crippen molar-refractivity contribution in [3.8, 4) is 11.4 Å². The van der Waals surface area contributed by atoms with E-state index in [0.717, 1.165) is 21.3 Å². The number of rotatable bonds is 5. The summed E-state index contributed by atoms with van der Waals surface area (Å²) in [5.74, 6) is -0.871. The van der Waals surface area contributed by atoms with Gasteiger partial charge >= 0.3 is 11.2 Å². The van der Waals surface area contributed by atoms with Gasteiger partial charge < -0.3 is 10.4 Å². The summed E-state index contributed by atoms with van der Waals surface area (Å²) in [6.07, 6.45) is 1.15. The summed E-state index contributed by atoms with van der Waals surface area (Å²) in [5, 5.41) is 13.2. The summed E-state index contributed by atoms with van der Waals surface area (Å²) in [6, 6.07) is 11.3. The van der Waals surface area contributed by atoms with Gasteiger partial charge in [-0.2, -0.15) is 13.2 Å². The first-order valence-corrected chi connectivity index (χ1v) is 12.7. The predicted octanol–water partition coefficient (Wildman–Crippen LogP) is 2.93. The van der Waals surface area contributed by atoms with Crippen LogP contribution in [0.5, 0.6) is 5.75 Å². The molecule has 1 aliphatic carbocycles. The molecule has 14 heteroatoms. The summed E-state index contributed by atoms with van der Waals surface area (Å²) in [7, 11) is -4.32. The van der Waals surface area contributed by atoms with E-state index in [1.54, 1.807) is 30.3 Å². The Bertz CT molecular complexity index is 1870. The Labute approximate surface area is 211 Å². The average molecular weight is 548 g/mol. The zero-order chi connectivity index (χ0) is 27.6. The van der Waals surface area contributed by atoms with Crippen LogP contribution in [0.15, 0.2) is 73.9 Å². The zero-order valence-corrected chi connectivity index (χ0v) is 20.4. The Morgan fingerprint density at radius 3 is 2.11 bits per heavy atom. The summed E-state index contributed by atoms with van der Waals surface area (Å²) in [4.78, 5) is 39.1.